The quantitative estimate of drug-likeness (QED) is 0.813. The molecule has 0 bridgehead atoms. The molecule has 0 amide bonds. The van der Waals surface area contributed by atoms with Gasteiger partial charge in [-0.15, -0.1) is 0 Å². The van der Waals surface area contributed by atoms with Gasteiger partial charge in [0.1, 0.15) is 5.75 Å². The number of hydrogen-bond donors (Lipinski definition) is 1. The minimum Gasteiger partial charge on any atom is -0.496 e. The smallest absolute Gasteiger partial charge is 0.123 e. The van der Waals surface area contributed by atoms with Gasteiger partial charge in [-0.05, 0) is 56.3 Å². The topological polar surface area (TPSA) is 24.5 Å². The van der Waals surface area contributed by atoms with Gasteiger partial charge in [-0.2, -0.15) is 0 Å². The second-order valence-electron chi connectivity index (χ2n) is 6.39. The van der Waals surface area contributed by atoms with E-state index in [0.29, 0.717) is 6.04 Å². The summed E-state index contributed by atoms with van der Waals surface area (Å²) in [5, 5.41) is 3.62. The normalized spacial score (nSPS) is 22.0. The number of hydrogen-bond acceptors (Lipinski definition) is 3. The molecule has 3 rings (SSSR count). The number of ether oxygens (including phenoxy) is 1. The fraction of sp³-hybridized carbons (Fsp3) is 0.647. The van der Waals surface area contributed by atoms with Crippen LogP contribution >= 0.6 is 15.9 Å². The molecule has 2 fully saturated rings. The highest BCUT2D eigenvalue weighted by Crippen LogP contribution is 2.31. The van der Waals surface area contributed by atoms with Crippen molar-refractivity contribution >= 4 is 15.9 Å². The Hall–Kier alpha value is -0.580. The largest absolute Gasteiger partial charge is 0.496 e. The second-order valence-corrected chi connectivity index (χ2v) is 7.30. The molecule has 2 aliphatic rings. The number of halogens is 1. The van der Waals surface area contributed by atoms with Crippen LogP contribution < -0.4 is 10.1 Å². The molecule has 3 nitrogen and oxygen atoms in total. The summed E-state index contributed by atoms with van der Waals surface area (Å²) in [6.45, 7) is 4.56. The number of benzene rings is 1. The second kappa shape index (κ2) is 7.12. The fourth-order valence-electron chi connectivity index (χ4n) is 3.21. The summed E-state index contributed by atoms with van der Waals surface area (Å²) in [6.07, 6.45) is 5.45. The van der Waals surface area contributed by atoms with Crippen LogP contribution in [0.5, 0.6) is 5.75 Å². The van der Waals surface area contributed by atoms with E-state index < -0.39 is 0 Å². The lowest BCUT2D eigenvalue weighted by molar-refractivity contribution is 0.228. The van der Waals surface area contributed by atoms with E-state index in [9.17, 15) is 0 Å². The predicted molar refractivity (Wildman–Crippen MR) is 89.7 cm³/mol. The van der Waals surface area contributed by atoms with E-state index >= 15 is 0 Å². The predicted octanol–water partition coefficient (Wildman–Crippen LogP) is 3.42. The van der Waals surface area contributed by atoms with E-state index in [0.717, 1.165) is 29.2 Å². The molecule has 1 aromatic rings. The Morgan fingerprint density at radius 1 is 1.29 bits per heavy atom. The molecule has 1 saturated heterocycles. The Bertz CT molecular complexity index is 470. The molecule has 0 radical (unpaired) electrons. The van der Waals surface area contributed by atoms with Gasteiger partial charge in [-0.1, -0.05) is 15.9 Å². The van der Waals surface area contributed by atoms with Gasteiger partial charge in [0.25, 0.3) is 0 Å². The molecule has 1 aromatic carbocycles. The summed E-state index contributed by atoms with van der Waals surface area (Å²) >= 11 is 3.58. The number of nitrogens with zero attached hydrogens (tertiary/aromatic N) is 1. The molecule has 0 aromatic heterocycles. The summed E-state index contributed by atoms with van der Waals surface area (Å²) in [5.41, 5.74) is 1.28. The zero-order chi connectivity index (χ0) is 14.7. The van der Waals surface area contributed by atoms with Crippen molar-refractivity contribution in [3.63, 3.8) is 0 Å². The average molecular weight is 353 g/mol. The minimum absolute atomic E-state index is 0.668. The Morgan fingerprint density at radius 2 is 2.14 bits per heavy atom. The van der Waals surface area contributed by atoms with Crippen molar-refractivity contribution in [1.29, 1.82) is 0 Å². The van der Waals surface area contributed by atoms with Crippen LogP contribution in [-0.4, -0.2) is 37.7 Å². The number of nitrogens with one attached hydrogen (secondary N) is 1. The van der Waals surface area contributed by atoms with Gasteiger partial charge in [0.2, 0.25) is 0 Å². The lowest BCUT2D eigenvalue weighted by Crippen LogP contribution is -2.38. The SMILES string of the molecule is COc1ccc(Br)cc1CN(CC1CC1)CC1CCCN1. The summed E-state index contributed by atoms with van der Waals surface area (Å²) in [4.78, 5) is 2.62. The molecule has 1 unspecified atom stereocenters. The Kier molecular flexibility index (Phi) is 5.19. The fourth-order valence-corrected chi connectivity index (χ4v) is 3.61. The highest BCUT2D eigenvalue weighted by atomic mass is 79.9. The molecule has 21 heavy (non-hydrogen) atoms. The molecule has 116 valence electrons. The molecule has 4 heteroatoms. The van der Waals surface area contributed by atoms with E-state index in [1.165, 1.54) is 44.3 Å². The maximum absolute atomic E-state index is 5.53. The van der Waals surface area contributed by atoms with Gasteiger partial charge in [-0.3, -0.25) is 4.90 Å². The third kappa shape index (κ3) is 4.44. The van der Waals surface area contributed by atoms with Gasteiger partial charge in [-0.25, -0.2) is 0 Å². The Labute approximate surface area is 136 Å². The van der Waals surface area contributed by atoms with Gasteiger partial charge < -0.3 is 10.1 Å². The third-order valence-corrected chi connectivity index (χ3v) is 4.98. The summed E-state index contributed by atoms with van der Waals surface area (Å²) < 4.78 is 6.66. The first-order valence-corrected chi connectivity index (χ1v) is 8.82. The molecule has 1 heterocycles. The molecule has 1 atom stereocenters. The zero-order valence-corrected chi connectivity index (χ0v) is 14.4. The van der Waals surface area contributed by atoms with Crippen LogP contribution in [0.3, 0.4) is 0 Å². The van der Waals surface area contributed by atoms with Crippen molar-refractivity contribution in [1.82, 2.24) is 10.2 Å². The van der Waals surface area contributed by atoms with E-state index in [2.05, 4.69) is 38.3 Å². The summed E-state index contributed by atoms with van der Waals surface area (Å²) in [6, 6.07) is 6.97. The molecule has 1 N–H and O–H groups in total. The van der Waals surface area contributed by atoms with Crippen molar-refractivity contribution < 1.29 is 4.74 Å². The van der Waals surface area contributed by atoms with Crippen molar-refractivity contribution in [3.8, 4) is 5.75 Å². The van der Waals surface area contributed by atoms with E-state index in [1.54, 1.807) is 7.11 Å². The van der Waals surface area contributed by atoms with Crippen LogP contribution in [-0.2, 0) is 6.54 Å². The first-order chi connectivity index (χ1) is 10.2. The lowest BCUT2D eigenvalue weighted by atomic mass is 10.1. The van der Waals surface area contributed by atoms with Crippen molar-refractivity contribution in [3.05, 3.63) is 28.2 Å². The molecule has 1 aliphatic heterocycles. The highest BCUT2D eigenvalue weighted by Gasteiger charge is 2.27. The van der Waals surface area contributed by atoms with Crippen LogP contribution in [0.4, 0.5) is 0 Å². The van der Waals surface area contributed by atoms with Crippen LogP contribution in [0.2, 0.25) is 0 Å². The van der Waals surface area contributed by atoms with Crippen LogP contribution in [0.25, 0.3) is 0 Å². The maximum Gasteiger partial charge on any atom is 0.123 e. The zero-order valence-electron chi connectivity index (χ0n) is 12.8. The third-order valence-electron chi connectivity index (χ3n) is 4.49. The molecule has 1 aliphatic carbocycles. The van der Waals surface area contributed by atoms with Gasteiger partial charge in [0, 0.05) is 35.7 Å². The maximum atomic E-state index is 5.53. The van der Waals surface area contributed by atoms with Crippen molar-refractivity contribution in [2.45, 2.75) is 38.3 Å². The Balaban J connectivity index is 1.68. The number of rotatable bonds is 7. The minimum atomic E-state index is 0.668. The van der Waals surface area contributed by atoms with Gasteiger partial charge >= 0.3 is 0 Å². The van der Waals surface area contributed by atoms with Crippen LogP contribution in [0, 0.1) is 5.92 Å². The van der Waals surface area contributed by atoms with Crippen molar-refractivity contribution in [2.75, 3.05) is 26.7 Å². The Morgan fingerprint density at radius 3 is 2.81 bits per heavy atom. The van der Waals surface area contributed by atoms with Gasteiger partial charge in [0.15, 0.2) is 0 Å². The summed E-state index contributed by atoms with van der Waals surface area (Å²) in [5.74, 6) is 1.92. The first kappa shape index (κ1) is 15.3. The van der Waals surface area contributed by atoms with Crippen LogP contribution in [0.1, 0.15) is 31.2 Å². The summed E-state index contributed by atoms with van der Waals surface area (Å²) in [7, 11) is 1.76. The van der Waals surface area contributed by atoms with Gasteiger partial charge in [0.05, 0.1) is 7.11 Å². The highest BCUT2D eigenvalue weighted by molar-refractivity contribution is 9.10. The standard InChI is InChI=1S/C17H25BrN2O/c1-21-17-7-6-15(18)9-14(17)11-20(10-13-4-5-13)12-16-3-2-8-19-16/h6-7,9,13,16,19H,2-5,8,10-12H2,1H3. The molecular formula is C17H25BrN2O. The van der Waals surface area contributed by atoms with Crippen molar-refractivity contribution in [2.24, 2.45) is 5.92 Å². The average Bonchev–Trinajstić information content (AvgIpc) is 3.12. The molecule has 1 saturated carbocycles. The van der Waals surface area contributed by atoms with Crippen LogP contribution in [0.15, 0.2) is 22.7 Å². The number of methoxy groups -OCH3 is 1. The van der Waals surface area contributed by atoms with E-state index in [1.807, 2.05) is 6.07 Å². The van der Waals surface area contributed by atoms with E-state index in [-0.39, 0.29) is 0 Å². The molecule has 0 spiro atoms. The monoisotopic (exact) mass is 352 g/mol. The van der Waals surface area contributed by atoms with E-state index in [4.69, 9.17) is 4.74 Å². The molecular weight excluding hydrogens is 328 g/mol. The first-order valence-electron chi connectivity index (χ1n) is 8.03. The lowest BCUT2D eigenvalue weighted by Gasteiger charge is -2.26.